The van der Waals surface area contributed by atoms with Gasteiger partial charge in [-0.3, -0.25) is 0 Å². The smallest absolute Gasteiger partial charge is 0.0937 e. The average molecular weight is 260 g/mol. The number of aryl methyl sites for hydroxylation is 1. The van der Waals surface area contributed by atoms with E-state index in [4.69, 9.17) is 5.73 Å². The van der Waals surface area contributed by atoms with Gasteiger partial charge in [-0.1, -0.05) is 38.1 Å². The van der Waals surface area contributed by atoms with E-state index >= 15 is 0 Å². The van der Waals surface area contributed by atoms with E-state index in [-0.39, 0.29) is 0 Å². The minimum Gasteiger partial charge on any atom is -0.326 e. The quantitative estimate of drug-likeness (QED) is 0.908. The Hall–Kier alpha value is -1.19. The second-order valence-electron chi connectivity index (χ2n) is 5.02. The highest BCUT2D eigenvalue weighted by Gasteiger charge is 2.10. The van der Waals surface area contributed by atoms with Crippen LogP contribution in [-0.2, 0) is 13.0 Å². The molecule has 18 heavy (non-hydrogen) atoms. The van der Waals surface area contributed by atoms with Gasteiger partial charge in [0.05, 0.1) is 15.6 Å². The van der Waals surface area contributed by atoms with E-state index in [1.165, 1.54) is 21.0 Å². The summed E-state index contributed by atoms with van der Waals surface area (Å²) in [6, 6.07) is 8.47. The van der Waals surface area contributed by atoms with Gasteiger partial charge >= 0.3 is 0 Å². The molecule has 1 aromatic carbocycles. The fourth-order valence-corrected chi connectivity index (χ4v) is 3.23. The SMILES string of the molecule is Cc1nc(CC(C)C)sc1-c1ccc(CN)cc1. The van der Waals surface area contributed by atoms with Gasteiger partial charge in [0.2, 0.25) is 0 Å². The molecule has 2 nitrogen and oxygen atoms in total. The molecule has 0 saturated heterocycles. The predicted molar refractivity (Wildman–Crippen MR) is 78.7 cm³/mol. The molecule has 2 N–H and O–H groups in total. The largest absolute Gasteiger partial charge is 0.326 e. The third-order valence-electron chi connectivity index (χ3n) is 2.88. The molecule has 0 amide bonds. The molecule has 2 rings (SSSR count). The van der Waals surface area contributed by atoms with Crippen LogP contribution in [0.1, 0.15) is 30.1 Å². The Morgan fingerprint density at radius 1 is 1.22 bits per heavy atom. The second kappa shape index (κ2) is 5.63. The number of nitrogens with two attached hydrogens (primary N) is 1. The van der Waals surface area contributed by atoms with Crippen LogP contribution in [-0.4, -0.2) is 4.98 Å². The Morgan fingerprint density at radius 2 is 1.89 bits per heavy atom. The lowest BCUT2D eigenvalue weighted by molar-refractivity contribution is 0.643. The van der Waals surface area contributed by atoms with Gasteiger partial charge in [0, 0.05) is 13.0 Å². The van der Waals surface area contributed by atoms with Crippen molar-refractivity contribution in [1.82, 2.24) is 4.98 Å². The van der Waals surface area contributed by atoms with Crippen LogP contribution in [0.3, 0.4) is 0 Å². The van der Waals surface area contributed by atoms with Gasteiger partial charge in [-0.25, -0.2) is 4.98 Å². The molecule has 3 heteroatoms. The van der Waals surface area contributed by atoms with Crippen LogP contribution in [0.5, 0.6) is 0 Å². The van der Waals surface area contributed by atoms with Gasteiger partial charge in [0.1, 0.15) is 0 Å². The molecule has 0 aliphatic rings. The molecule has 0 aliphatic heterocycles. The van der Waals surface area contributed by atoms with Crippen LogP contribution in [0.4, 0.5) is 0 Å². The average Bonchev–Trinajstić information content (AvgIpc) is 2.69. The number of hydrogen-bond donors (Lipinski definition) is 1. The van der Waals surface area contributed by atoms with Crippen molar-refractivity contribution in [2.75, 3.05) is 0 Å². The fourth-order valence-electron chi connectivity index (χ4n) is 1.95. The number of nitrogens with zero attached hydrogens (tertiary/aromatic N) is 1. The molecule has 0 atom stereocenters. The van der Waals surface area contributed by atoms with Gasteiger partial charge in [-0.15, -0.1) is 11.3 Å². The lowest BCUT2D eigenvalue weighted by Gasteiger charge is -2.01. The highest BCUT2D eigenvalue weighted by atomic mass is 32.1. The van der Waals surface area contributed by atoms with E-state index in [1.807, 2.05) is 11.3 Å². The lowest BCUT2D eigenvalue weighted by Crippen LogP contribution is -1.95. The molecule has 0 radical (unpaired) electrons. The van der Waals surface area contributed by atoms with E-state index in [0.717, 1.165) is 12.1 Å². The molecule has 0 aliphatic carbocycles. The van der Waals surface area contributed by atoms with Crippen molar-refractivity contribution in [2.24, 2.45) is 11.7 Å². The monoisotopic (exact) mass is 260 g/mol. The Balaban J connectivity index is 2.29. The number of thiazole rings is 1. The summed E-state index contributed by atoms with van der Waals surface area (Å²) >= 11 is 1.81. The molecular weight excluding hydrogens is 240 g/mol. The zero-order valence-electron chi connectivity index (χ0n) is 11.2. The Bertz CT molecular complexity index is 512. The highest BCUT2D eigenvalue weighted by Crippen LogP contribution is 2.31. The highest BCUT2D eigenvalue weighted by molar-refractivity contribution is 7.15. The van der Waals surface area contributed by atoms with Gasteiger partial charge in [-0.05, 0) is 24.0 Å². The minimum atomic E-state index is 0.598. The molecular formula is C15H20N2S. The maximum Gasteiger partial charge on any atom is 0.0937 e. The molecule has 0 spiro atoms. The summed E-state index contributed by atoms with van der Waals surface area (Å²) in [5, 5.41) is 1.24. The van der Waals surface area contributed by atoms with Crippen molar-refractivity contribution < 1.29 is 0 Å². The second-order valence-corrected chi connectivity index (χ2v) is 6.10. The van der Waals surface area contributed by atoms with Crippen LogP contribution in [0, 0.1) is 12.8 Å². The standard InChI is InChI=1S/C15H20N2S/c1-10(2)8-14-17-11(3)15(18-14)13-6-4-12(9-16)5-7-13/h4-7,10H,8-9,16H2,1-3H3. The molecule has 96 valence electrons. The summed E-state index contributed by atoms with van der Waals surface area (Å²) in [4.78, 5) is 5.95. The zero-order chi connectivity index (χ0) is 13.1. The number of rotatable bonds is 4. The van der Waals surface area contributed by atoms with Crippen LogP contribution >= 0.6 is 11.3 Å². The van der Waals surface area contributed by atoms with E-state index < -0.39 is 0 Å². The summed E-state index contributed by atoms with van der Waals surface area (Å²) in [5.74, 6) is 0.656. The first-order chi connectivity index (χ1) is 8.60. The van der Waals surface area contributed by atoms with E-state index in [0.29, 0.717) is 12.5 Å². The van der Waals surface area contributed by atoms with Gasteiger partial charge in [0.25, 0.3) is 0 Å². The Labute approximate surface area is 113 Å². The zero-order valence-corrected chi connectivity index (χ0v) is 12.1. The summed E-state index contributed by atoms with van der Waals surface area (Å²) in [6.45, 7) is 7.14. The van der Waals surface area contributed by atoms with Crippen molar-refractivity contribution in [3.05, 3.63) is 40.5 Å². The van der Waals surface area contributed by atoms with Gasteiger partial charge in [-0.2, -0.15) is 0 Å². The lowest BCUT2D eigenvalue weighted by atomic mass is 10.1. The Kier molecular flexibility index (Phi) is 4.15. The molecule has 1 heterocycles. The summed E-state index contributed by atoms with van der Waals surface area (Å²) in [7, 11) is 0. The van der Waals surface area contributed by atoms with Crippen LogP contribution in [0.2, 0.25) is 0 Å². The summed E-state index contributed by atoms with van der Waals surface area (Å²) < 4.78 is 0. The molecule has 2 aromatic rings. The minimum absolute atomic E-state index is 0.598. The fraction of sp³-hybridized carbons (Fsp3) is 0.400. The van der Waals surface area contributed by atoms with Crippen LogP contribution < -0.4 is 5.73 Å². The van der Waals surface area contributed by atoms with Crippen molar-refractivity contribution in [1.29, 1.82) is 0 Å². The maximum absolute atomic E-state index is 5.62. The molecule has 0 bridgehead atoms. The molecule has 0 saturated carbocycles. The van der Waals surface area contributed by atoms with E-state index in [1.54, 1.807) is 0 Å². The number of aromatic nitrogens is 1. The number of benzene rings is 1. The topological polar surface area (TPSA) is 38.9 Å². The summed E-state index contributed by atoms with van der Waals surface area (Å²) in [5.41, 5.74) is 9.17. The molecule has 0 unspecified atom stereocenters. The van der Waals surface area contributed by atoms with Gasteiger partial charge < -0.3 is 5.73 Å². The van der Waals surface area contributed by atoms with Crippen molar-refractivity contribution >= 4 is 11.3 Å². The molecule has 0 fully saturated rings. The first-order valence-corrected chi connectivity index (χ1v) is 7.17. The Morgan fingerprint density at radius 3 is 2.44 bits per heavy atom. The molecule has 1 aromatic heterocycles. The van der Waals surface area contributed by atoms with Crippen molar-refractivity contribution in [2.45, 2.75) is 33.7 Å². The van der Waals surface area contributed by atoms with Crippen LogP contribution in [0.25, 0.3) is 10.4 Å². The normalized spacial score (nSPS) is 11.2. The maximum atomic E-state index is 5.62. The predicted octanol–water partition coefficient (Wildman–Crippen LogP) is 3.78. The number of hydrogen-bond acceptors (Lipinski definition) is 3. The van der Waals surface area contributed by atoms with Gasteiger partial charge in [0.15, 0.2) is 0 Å². The first-order valence-electron chi connectivity index (χ1n) is 6.36. The third kappa shape index (κ3) is 2.98. The van der Waals surface area contributed by atoms with Crippen molar-refractivity contribution in [3.63, 3.8) is 0 Å². The first kappa shape index (κ1) is 13.2. The summed E-state index contributed by atoms with van der Waals surface area (Å²) in [6.07, 6.45) is 1.06. The van der Waals surface area contributed by atoms with E-state index in [9.17, 15) is 0 Å². The van der Waals surface area contributed by atoms with Crippen molar-refractivity contribution in [3.8, 4) is 10.4 Å². The van der Waals surface area contributed by atoms with Crippen LogP contribution in [0.15, 0.2) is 24.3 Å². The van der Waals surface area contributed by atoms with E-state index in [2.05, 4.69) is 50.0 Å². The third-order valence-corrected chi connectivity index (χ3v) is 4.10.